The predicted molar refractivity (Wildman–Crippen MR) is 144 cm³/mol. The van der Waals surface area contributed by atoms with Crippen molar-refractivity contribution in [1.29, 1.82) is 5.26 Å². The third-order valence-electron chi connectivity index (χ3n) is 6.83. The number of carboxylic acids is 1. The van der Waals surface area contributed by atoms with Gasteiger partial charge < -0.3 is 24.0 Å². The highest BCUT2D eigenvalue weighted by Crippen LogP contribution is 2.29. The minimum absolute atomic E-state index is 0.0200. The van der Waals surface area contributed by atoms with E-state index in [9.17, 15) is 20.0 Å². The molecule has 4 rings (SSSR count). The highest BCUT2D eigenvalue weighted by molar-refractivity contribution is 5.83. The normalized spacial score (nSPS) is 15.2. The average molecular weight is 518 g/mol. The summed E-state index contributed by atoms with van der Waals surface area (Å²) < 4.78 is 13.7. The van der Waals surface area contributed by atoms with Crippen LogP contribution in [0, 0.1) is 11.3 Å². The Hall–Kier alpha value is -3.99. The van der Waals surface area contributed by atoms with Crippen molar-refractivity contribution in [1.82, 2.24) is 9.47 Å². The number of hydrogen-bond acceptors (Lipinski definition) is 5. The minimum atomic E-state index is -0.890. The van der Waals surface area contributed by atoms with Gasteiger partial charge in [-0.15, -0.1) is 0 Å². The zero-order valence-electron chi connectivity index (χ0n) is 22.4. The number of carbonyl (C=O) groups is 2. The number of aromatic nitrogens is 1. The fourth-order valence-electron chi connectivity index (χ4n) is 4.93. The lowest BCUT2D eigenvalue weighted by atomic mass is 9.94. The van der Waals surface area contributed by atoms with Gasteiger partial charge in [0.25, 0.3) is 0 Å². The minimum Gasteiger partial charge on any atom is -0.490 e. The van der Waals surface area contributed by atoms with Crippen molar-refractivity contribution in [2.75, 3.05) is 13.1 Å². The number of carboxylic acid groups (broad SMARTS) is 1. The lowest BCUT2D eigenvalue weighted by Crippen LogP contribution is -2.44. The summed E-state index contributed by atoms with van der Waals surface area (Å²) in [7, 11) is 0. The Labute approximate surface area is 223 Å². The van der Waals surface area contributed by atoms with E-state index in [1.54, 1.807) is 11.0 Å². The number of likely N-dealkylation sites (tertiary alicyclic amines) is 1. The van der Waals surface area contributed by atoms with E-state index >= 15 is 0 Å². The second kappa shape index (κ2) is 11.2. The first-order chi connectivity index (χ1) is 18.1. The van der Waals surface area contributed by atoms with Crippen LogP contribution in [-0.2, 0) is 22.5 Å². The molecule has 3 aromatic rings. The highest BCUT2D eigenvalue weighted by atomic mass is 16.6. The lowest BCUT2D eigenvalue weighted by Gasteiger charge is -2.33. The summed E-state index contributed by atoms with van der Waals surface area (Å²) in [6, 6.07) is 17.0. The molecule has 1 atom stereocenters. The maximum Gasteiger partial charge on any atom is 0.410 e. The zero-order valence-corrected chi connectivity index (χ0v) is 22.4. The Balaban J connectivity index is 1.42. The van der Waals surface area contributed by atoms with E-state index in [1.165, 1.54) is 0 Å². The van der Waals surface area contributed by atoms with Gasteiger partial charge in [-0.25, -0.2) is 4.79 Å². The van der Waals surface area contributed by atoms with E-state index in [2.05, 4.69) is 10.6 Å². The standard InChI is InChI=1S/C30H35N3O5/c1-5-33-23(17-22-7-6-20(19-31)16-27(22)33)18-26(28(34)35)21-8-10-24(11-9-21)37-25-12-14-32(15-13-25)29(36)38-30(2,3)4/h6-11,16-17,25-26H,5,12-15,18H2,1-4H3,(H,34,35). The molecule has 0 saturated carbocycles. The van der Waals surface area contributed by atoms with Crippen LogP contribution >= 0.6 is 0 Å². The van der Waals surface area contributed by atoms with E-state index < -0.39 is 17.5 Å². The van der Waals surface area contributed by atoms with E-state index in [1.807, 2.05) is 70.2 Å². The molecule has 0 bridgehead atoms. The molecule has 8 heteroatoms. The predicted octanol–water partition coefficient (Wildman–Crippen LogP) is 5.72. The largest absolute Gasteiger partial charge is 0.490 e. The van der Waals surface area contributed by atoms with Crippen molar-refractivity contribution in [2.24, 2.45) is 0 Å². The number of fused-ring (bicyclic) bond motifs is 1. The fourth-order valence-corrected chi connectivity index (χ4v) is 4.93. The van der Waals surface area contributed by atoms with Crippen molar-refractivity contribution in [2.45, 2.75) is 71.1 Å². The molecule has 0 spiro atoms. The molecule has 2 aromatic carbocycles. The number of benzene rings is 2. The molecule has 200 valence electrons. The van der Waals surface area contributed by atoms with Crippen LogP contribution in [0.2, 0.25) is 0 Å². The topological polar surface area (TPSA) is 105 Å². The monoisotopic (exact) mass is 517 g/mol. The maximum absolute atomic E-state index is 12.3. The number of carbonyl (C=O) groups excluding carboxylic acids is 1. The summed E-state index contributed by atoms with van der Waals surface area (Å²) in [5.41, 5.74) is 2.62. The van der Waals surface area contributed by atoms with Crippen LogP contribution in [0.5, 0.6) is 5.75 Å². The molecule has 38 heavy (non-hydrogen) atoms. The summed E-state index contributed by atoms with van der Waals surface area (Å²) in [5.74, 6) is -0.926. The molecule has 1 unspecified atom stereocenters. The van der Waals surface area contributed by atoms with Gasteiger partial charge >= 0.3 is 12.1 Å². The van der Waals surface area contributed by atoms with Crippen molar-refractivity contribution in [3.8, 4) is 11.8 Å². The fraction of sp³-hybridized carbons (Fsp3) is 0.433. The molecule has 1 aliphatic rings. The van der Waals surface area contributed by atoms with E-state index in [4.69, 9.17) is 9.47 Å². The second-order valence-electron chi connectivity index (χ2n) is 10.7. The molecule has 1 saturated heterocycles. The Bertz CT molecular complexity index is 1340. The molecule has 8 nitrogen and oxygen atoms in total. The van der Waals surface area contributed by atoms with Gasteiger partial charge in [0.1, 0.15) is 17.5 Å². The first kappa shape index (κ1) is 27.1. The number of hydrogen-bond donors (Lipinski definition) is 1. The molecule has 1 amide bonds. The van der Waals surface area contributed by atoms with Crippen molar-refractivity contribution in [3.63, 3.8) is 0 Å². The second-order valence-corrected chi connectivity index (χ2v) is 10.7. The van der Waals surface area contributed by atoms with Gasteiger partial charge in [-0.2, -0.15) is 5.26 Å². The van der Waals surface area contributed by atoms with E-state index in [0.717, 1.165) is 16.6 Å². The Morgan fingerprint density at radius 2 is 1.79 bits per heavy atom. The quantitative estimate of drug-likeness (QED) is 0.430. The Morgan fingerprint density at radius 3 is 2.37 bits per heavy atom. The molecular weight excluding hydrogens is 482 g/mol. The number of amides is 1. The number of aliphatic carboxylic acids is 1. The van der Waals surface area contributed by atoms with Crippen LogP contribution in [0.3, 0.4) is 0 Å². The van der Waals surface area contributed by atoms with Gasteiger partial charge in [0.15, 0.2) is 0 Å². The summed E-state index contributed by atoms with van der Waals surface area (Å²) in [4.78, 5) is 26.3. The van der Waals surface area contributed by atoms with Gasteiger partial charge in [-0.3, -0.25) is 4.79 Å². The van der Waals surface area contributed by atoms with Gasteiger partial charge in [0, 0.05) is 50.1 Å². The summed E-state index contributed by atoms with van der Waals surface area (Å²) >= 11 is 0. The van der Waals surface area contributed by atoms with Gasteiger partial charge in [0.2, 0.25) is 0 Å². The average Bonchev–Trinajstić information content (AvgIpc) is 3.23. The van der Waals surface area contributed by atoms with Crippen molar-refractivity contribution < 1.29 is 24.2 Å². The third kappa shape index (κ3) is 6.28. The Kier molecular flexibility index (Phi) is 7.96. The summed E-state index contributed by atoms with van der Waals surface area (Å²) in [5, 5.41) is 20.3. The highest BCUT2D eigenvalue weighted by Gasteiger charge is 2.28. The lowest BCUT2D eigenvalue weighted by molar-refractivity contribution is -0.138. The third-order valence-corrected chi connectivity index (χ3v) is 6.83. The molecule has 0 aliphatic carbocycles. The van der Waals surface area contributed by atoms with Gasteiger partial charge in [0.05, 0.1) is 17.6 Å². The number of ether oxygens (including phenoxy) is 2. The van der Waals surface area contributed by atoms with E-state index in [0.29, 0.717) is 55.8 Å². The number of aryl methyl sites for hydroxylation is 1. The number of nitrogens with zero attached hydrogens (tertiary/aromatic N) is 3. The number of rotatable bonds is 7. The zero-order chi connectivity index (χ0) is 27.4. The molecule has 1 fully saturated rings. The van der Waals surface area contributed by atoms with Crippen LogP contribution in [0.1, 0.15) is 63.3 Å². The maximum atomic E-state index is 12.3. The van der Waals surface area contributed by atoms with Crippen LogP contribution in [0.15, 0.2) is 48.5 Å². The van der Waals surface area contributed by atoms with Crippen LogP contribution in [-0.4, -0.2) is 51.4 Å². The Morgan fingerprint density at radius 1 is 1.11 bits per heavy atom. The summed E-state index contributed by atoms with van der Waals surface area (Å²) in [6.45, 7) is 9.40. The molecule has 1 aromatic heterocycles. The molecule has 2 heterocycles. The molecule has 1 aliphatic heterocycles. The van der Waals surface area contributed by atoms with Gasteiger partial charge in [-0.05, 0) is 69.0 Å². The van der Waals surface area contributed by atoms with Crippen LogP contribution in [0.25, 0.3) is 10.9 Å². The van der Waals surface area contributed by atoms with Crippen molar-refractivity contribution >= 4 is 23.0 Å². The first-order valence-corrected chi connectivity index (χ1v) is 13.1. The molecule has 1 N–H and O–H groups in total. The first-order valence-electron chi connectivity index (χ1n) is 13.1. The van der Waals surface area contributed by atoms with Gasteiger partial charge in [-0.1, -0.05) is 18.2 Å². The summed E-state index contributed by atoms with van der Waals surface area (Å²) in [6.07, 6.45) is 1.42. The van der Waals surface area contributed by atoms with E-state index in [-0.39, 0.29) is 12.2 Å². The number of piperidine rings is 1. The molecule has 0 radical (unpaired) electrons. The smallest absolute Gasteiger partial charge is 0.410 e. The number of nitriles is 1. The van der Waals surface area contributed by atoms with Crippen LogP contribution < -0.4 is 4.74 Å². The molecular formula is C30H35N3O5. The van der Waals surface area contributed by atoms with Crippen molar-refractivity contribution in [3.05, 3.63) is 65.4 Å². The van der Waals surface area contributed by atoms with Crippen LogP contribution in [0.4, 0.5) is 4.79 Å². The SMILES string of the molecule is CCn1c(CC(C(=O)O)c2ccc(OC3CCN(C(=O)OC(C)(C)C)CC3)cc2)cc2ccc(C#N)cc21.